The van der Waals surface area contributed by atoms with Crippen molar-refractivity contribution < 1.29 is 32.5 Å². The maximum absolute atomic E-state index is 11.8. The molecule has 0 atom stereocenters. The lowest BCUT2D eigenvalue weighted by molar-refractivity contribution is -0.175. The van der Waals surface area contributed by atoms with Gasteiger partial charge < -0.3 is 19.3 Å². The summed E-state index contributed by atoms with van der Waals surface area (Å²) in [6.45, 7) is -1.63. The molecule has 0 saturated carbocycles. The predicted molar refractivity (Wildman–Crippen MR) is 61.3 cm³/mol. The number of rotatable bonds is 7. The molecule has 4 nitrogen and oxygen atoms in total. The minimum atomic E-state index is -4.33. The number of benzene rings is 1. The van der Waals surface area contributed by atoms with Crippen molar-refractivity contribution in [3.8, 4) is 11.5 Å². The summed E-state index contributed by atoms with van der Waals surface area (Å²) in [5, 5.41) is 8.95. The maximum Gasteiger partial charge on any atom is 0.411 e. The highest BCUT2D eigenvalue weighted by atomic mass is 19.4. The summed E-state index contributed by atoms with van der Waals surface area (Å²) in [4.78, 5) is 0. The summed E-state index contributed by atoms with van der Waals surface area (Å²) in [5.74, 6) is 0.790. The van der Waals surface area contributed by atoms with Gasteiger partial charge in [-0.25, -0.2) is 0 Å². The average molecular weight is 280 g/mol. The zero-order valence-corrected chi connectivity index (χ0v) is 10.4. The van der Waals surface area contributed by atoms with Gasteiger partial charge in [0.25, 0.3) is 0 Å². The number of aliphatic hydroxyl groups excluding tert-OH is 1. The second-order valence-electron chi connectivity index (χ2n) is 3.66. The second kappa shape index (κ2) is 7.20. The van der Waals surface area contributed by atoms with Gasteiger partial charge in [0, 0.05) is 0 Å². The van der Waals surface area contributed by atoms with Gasteiger partial charge in [-0.1, -0.05) is 6.07 Å². The Labute approximate surface area is 108 Å². The molecule has 0 spiro atoms. The lowest BCUT2D eigenvalue weighted by Gasteiger charge is -2.12. The number of halogens is 3. The van der Waals surface area contributed by atoms with E-state index < -0.39 is 12.8 Å². The third kappa shape index (κ3) is 5.80. The molecule has 0 unspecified atom stereocenters. The zero-order valence-electron chi connectivity index (χ0n) is 10.4. The lowest BCUT2D eigenvalue weighted by Crippen LogP contribution is -2.19. The number of ether oxygens (including phenoxy) is 3. The normalized spacial score (nSPS) is 11.4. The average Bonchev–Trinajstić information content (AvgIpc) is 2.37. The van der Waals surface area contributed by atoms with Crippen molar-refractivity contribution in [3.63, 3.8) is 0 Å². The number of hydrogen-bond donors (Lipinski definition) is 1. The van der Waals surface area contributed by atoms with Crippen molar-refractivity contribution in [2.24, 2.45) is 0 Å². The summed E-state index contributed by atoms with van der Waals surface area (Å²) in [7, 11) is 1.43. The monoisotopic (exact) mass is 280 g/mol. The van der Waals surface area contributed by atoms with Crippen LogP contribution in [0.5, 0.6) is 11.5 Å². The molecule has 0 bridgehead atoms. The highest BCUT2D eigenvalue weighted by Gasteiger charge is 2.27. The van der Waals surface area contributed by atoms with Crippen molar-refractivity contribution in [2.45, 2.75) is 12.8 Å². The first-order valence-corrected chi connectivity index (χ1v) is 5.51. The third-order valence-corrected chi connectivity index (χ3v) is 2.16. The molecule has 1 N–H and O–H groups in total. The van der Waals surface area contributed by atoms with Gasteiger partial charge in [-0.3, -0.25) is 0 Å². The van der Waals surface area contributed by atoms with Gasteiger partial charge in [-0.15, -0.1) is 0 Å². The smallest absolute Gasteiger partial charge is 0.411 e. The number of methoxy groups -OCH3 is 1. The van der Waals surface area contributed by atoms with Crippen LogP contribution in [-0.4, -0.2) is 38.2 Å². The first kappa shape index (κ1) is 15.6. The summed E-state index contributed by atoms with van der Waals surface area (Å²) in [6, 6.07) is 4.80. The van der Waals surface area contributed by atoms with Crippen LogP contribution in [0, 0.1) is 0 Å². The van der Waals surface area contributed by atoms with Gasteiger partial charge in [0.15, 0.2) is 11.5 Å². The SMILES string of the molecule is COc1cc(CO)ccc1OCCOCC(F)(F)F. The van der Waals surface area contributed by atoms with E-state index in [9.17, 15) is 13.2 Å². The molecule has 0 aliphatic heterocycles. The van der Waals surface area contributed by atoms with Crippen LogP contribution in [0.1, 0.15) is 5.56 Å². The van der Waals surface area contributed by atoms with Crippen molar-refractivity contribution in [3.05, 3.63) is 23.8 Å². The zero-order chi connectivity index (χ0) is 14.3. The topological polar surface area (TPSA) is 47.9 Å². The van der Waals surface area contributed by atoms with E-state index in [1.807, 2.05) is 0 Å². The van der Waals surface area contributed by atoms with Crippen LogP contribution in [-0.2, 0) is 11.3 Å². The first-order chi connectivity index (χ1) is 8.96. The van der Waals surface area contributed by atoms with Crippen LogP contribution in [0.4, 0.5) is 13.2 Å². The Bertz CT molecular complexity index is 393. The Balaban J connectivity index is 2.41. The fraction of sp³-hybridized carbons (Fsp3) is 0.500. The summed E-state index contributed by atoms with van der Waals surface area (Å²) in [6.07, 6.45) is -4.33. The minimum Gasteiger partial charge on any atom is -0.493 e. The van der Waals surface area contributed by atoms with E-state index in [0.29, 0.717) is 17.1 Å². The highest BCUT2D eigenvalue weighted by Crippen LogP contribution is 2.28. The molecule has 19 heavy (non-hydrogen) atoms. The molecule has 1 rings (SSSR count). The molecule has 0 aliphatic carbocycles. The van der Waals surface area contributed by atoms with Gasteiger partial charge in [-0.05, 0) is 17.7 Å². The quantitative estimate of drug-likeness (QED) is 0.777. The Morgan fingerprint density at radius 3 is 2.47 bits per heavy atom. The molecule has 0 heterocycles. The Hall–Kier alpha value is -1.47. The molecule has 0 aliphatic rings. The molecule has 7 heteroatoms. The van der Waals surface area contributed by atoms with Crippen LogP contribution >= 0.6 is 0 Å². The number of aliphatic hydroxyl groups is 1. The molecular weight excluding hydrogens is 265 g/mol. The molecule has 0 fully saturated rings. The van der Waals surface area contributed by atoms with E-state index in [2.05, 4.69) is 4.74 Å². The van der Waals surface area contributed by atoms with Crippen LogP contribution in [0.3, 0.4) is 0 Å². The maximum atomic E-state index is 11.8. The summed E-state index contributed by atoms with van der Waals surface area (Å²) in [5.41, 5.74) is 0.650. The second-order valence-corrected chi connectivity index (χ2v) is 3.66. The fourth-order valence-corrected chi connectivity index (χ4v) is 1.33. The van der Waals surface area contributed by atoms with Crippen molar-refractivity contribution >= 4 is 0 Å². The number of alkyl halides is 3. The van der Waals surface area contributed by atoms with Gasteiger partial charge in [0.2, 0.25) is 0 Å². The van der Waals surface area contributed by atoms with Crippen molar-refractivity contribution in [1.29, 1.82) is 0 Å². The Morgan fingerprint density at radius 1 is 1.16 bits per heavy atom. The van der Waals surface area contributed by atoms with E-state index in [1.165, 1.54) is 7.11 Å². The summed E-state index contributed by atoms with van der Waals surface area (Å²) < 4.78 is 50.1. The van der Waals surface area contributed by atoms with Crippen molar-refractivity contribution in [2.75, 3.05) is 26.9 Å². The van der Waals surface area contributed by atoms with E-state index in [1.54, 1.807) is 18.2 Å². The van der Waals surface area contributed by atoms with Crippen LogP contribution in [0.25, 0.3) is 0 Å². The van der Waals surface area contributed by atoms with Gasteiger partial charge >= 0.3 is 6.18 Å². The first-order valence-electron chi connectivity index (χ1n) is 5.51. The van der Waals surface area contributed by atoms with Crippen LogP contribution < -0.4 is 9.47 Å². The van der Waals surface area contributed by atoms with E-state index in [-0.39, 0.29) is 19.8 Å². The summed E-state index contributed by atoms with van der Waals surface area (Å²) >= 11 is 0. The lowest BCUT2D eigenvalue weighted by atomic mass is 10.2. The predicted octanol–water partition coefficient (Wildman–Crippen LogP) is 2.15. The number of hydrogen-bond acceptors (Lipinski definition) is 4. The molecule has 0 amide bonds. The molecule has 0 radical (unpaired) electrons. The molecule has 0 aromatic heterocycles. The highest BCUT2D eigenvalue weighted by molar-refractivity contribution is 5.42. The largest absolute Gasteiger partial charge is 0.493 e. The van der Waals surface area contributed by atoms with Crippen molar-refractivity contribution in [1.82, 2.24) is 0 Å². The van der Waals surface area contributed by atoms with Gasteiger partial charge in [0.05, 0.1) is 20.3 Å². The third-order valence-electron chi connectivity index (χ3n) is 2.16. The molecular formula is C12H15F3O4. The van der Waals surface area contributed by atoms with E-state index in [0.717, 1.165) is 0 Å². The molecule has 1 aromatic rings. The van der Waals surface area contributed by atoms with Gasteiger partial charge in [-0.2, -0.15) is 13.2 Å². The Morgan fingerprint density at radius 2 is 1.89 bits per heavy atom. The van der Waals surface area contributed by atoms with E-state index in [4.69, 9.17) is 14.6 Å². The molecule has 108 valence electrons. The van der Waals surface area contributed by atoms with Crippen LogP contribution in [0.15, 0.2) is 18.2 Å². The Kier molecular flexibility index (Phi) is 5.91. The van der Waals surface area contributed by atoms with Gasteiger partial charge in [0.1, 0.15) is 13.2 Å². The van der Waals surface area contributed by atoms with E-state index >= 15 is 0 Å². The standard InChI is InChI=1S/C12H15F3O4/c1-17-11-6-9(7-16)2-3-10(11)19-5-4-18-8-12(13,14)15/h2-3,6,16H,4-5,7-8H2,1H3. The molecule has 1 aromatic carbocycles. The fourth-order valence-electron chi connectivity index (χ4n) is 1.33. The molecule has 0 saturated heterocycles. The minimum absolute atomic E-state index is 0.0229. The van der Waals surface area contributed by atoms with Crippen LogP contribution in [0.2, 0.25) is 0 Å².